The highest BCUT2D eigenvalue weighted by molar-refractivity contribution is 5.18. The van der Waals surface area contributed by atoms with E-state index in [1.807, 2.05) is 6.92 Å². The zero-order valence-corrected chi connectivity index (χ0v) is 11.0. The van der Waals surface area contributed by atoms with Crippen LogP contribution in [0, 0.1) is 17.5 Å². The third-order valence-corrected chi connectivity index (χ3v) is 3.01. The first-order valence-electron chi connectivity index (χ1n) is 6.33. The first kappa shape index (κ1) is 14.5. The lowest BCUT2D eigenvalue weighted by Crippen LogP contribution is -2.21. The van der Waals surface area contributed by atoms with Gasteiger partial charge in [0.05, 0.1) is 6.20 Å². The maximum Gasteiger partial charge on any atom is 0.141 e. The summed E-state index contributed by atoms with van der Waals surface area (Å²) in [5.74, 6) is -1.55. The van der Waals surface area contributed by atoms with Crippen molar-refractivity contribution in [2.45, 2.75) is 19.4 Å². The van der Waals surface area contributed by atoms with Gasteiger partial charge in [-0.1, -0.05) is 0 Å². The van der Waals surface area contributed by atoms with Crippen molar-refractivity contribution in [1.82, 2.24) is 10.3 Å². The van der Waals surface area contributed by atoms with Gasteiger partial charge in [0.2, 0.25) is 0 Å². The van der Waals surface area contributed by atoms with Crippen LogP contribution in [0.15, 0.2) is 36.7 Å². The lowest BCUT2D eigenvalue weighted by Gasteiger charge is -2.14. The molecule has 0 saturated carbocycles. The quantitative estimate of drug-likeness (QED) is 0.908. The summed E-state index contributed by atoms with van der Waals surface area (Å²) < 4.78 is 39.1. The van der Waals surface area contributed by atoms with Crippen LogP contribution in [0.4, 0.5) is 13.2 Å². The molecule has 1 heterocycles. The Labute approximate surface area is 115 Å². The highest BCUT2D eigenvalue weighted by Gasteiger charge is 2.07. The second kappa shape index (κ2) is 6.52. The zero-order chi connectivity index (χ0) is 14.5. The van der Waals surface area contributed by atoms with E-state index in [1.165, 1.54) is 18.2 Å². The standard InChI is InChI=1S/C15H15F3N2/c1-10(12-6-15(18)9-19-8-12)20-3-2-11-4-13(16)7-14(17)5-11/h4-10,20H,2-3H2,1H3. The number of halogens is 3. The smallest absolute Gasteiger partial charge is 0.141 e. The Morgan fingerprint density at radius 1 is 1.00 bits per heavy atom. The van der Waals surface area contributed by atoms with Crippen LogP contribution in [0.3, 0.4) is 0 Å². The average Bonchev–Trinajstić information content (AvgIpc) is 2.37. The predicted octanol–water partition coefficient (Wildman–Crippen LogP) is 3.39. The Bertz CT molecular complexity index is 567. The number of hydrogen-bond donors (Lipinski definition) is 1. The lowest BCUT2D eigenvalue weighted by molar-refractivity contribution is 0.556. The molecule has 1 aromatic heterocycles. The first-order valence-corrected chi connectivity index (χ1v) is 6.33. The lowest BCUT2D eigenvalue weighted by atomic mass is 10.1. The van der Waals surface area contributed by atoms with Gasteiger partial charge in [0.15, 0.2) is 0 Å². The summed E-state index contributed by atoms with van der Waals surface area (Å²) >= 11 is 0. The van der Waals surface area contributed by atoms with Crippen molar-refractivity contribution in [3.63, 3.8) is 0 Å². The highest BCUT2D eigenvalue weighted by atomic mass is 19.1. The van der Waals surface area contributed by atoms with E-state index in [2.05, 4.69) is 10.3 Å². The van der Waals surface area contributed by atoms with Crippen molar-refractivity contribution in [1.29, 1.82) is 0 Å². The molecule has 1 aromatic carbocycles. The summed E-state index contributed by atoms with van der Waals surface area (Å²) in [7, 11) is 0. The molecule has 0 fully saturated rings. The molecular formula is C15H15F3N2. The van der Waals surface area contributed by atoms with Crippen molar-refractivity contribution in [3.05, 3.63) is 65.2 Å². The van der Waals surface area contributed by atoms with Gasteiger partial charge in [-0.3, -0.25) is 4.98 Å². The Kier molecular flexibility index (Phi) is 4.74. The van der Waals surface area contributed by atoms with Crippen molar-refractivity contribution < 1.29 is 13.2 Å². The van der Waals surface area contributed by atoms with Crippen LogP contribution in [0.2, 0.25) is 0 Å². The minimum Gasteiger partial charge on any atom is -0.310 e. The number of aromatic nitrogens is 1. The maximum absolute atomic E-state index is 13.0. The zero-order valence-electron chi connectivity index (χ0n) is 11.0. The van der Waals surface area contributed by atoms with Gasteiger partial charge >= 0.3 is 0 Å². The van der Waals surface area contributed by atoms with Gasteiger partial charge in [-0.25, -0.2) is 13.2 Å². The molecule has 0 amide bonds. The molecule has 1 atom stereocenters. The monoisotopic (exact) mass is 280 g/mol. The van der Waals surface area contributed by atoms with Gasteiger partial charge in [-0.2, -0.15) is 0 Å². The fraction of sp³-hybridized carbons (Fsp3) is 0.267. The van der Waals surface area contributed by atoms with Gasteiger partial charge in [-0.15, -0.1) is 0 Å². The number of nitrogens with one attached hydrogen (secondary N) is 1. The van der Waals surface area contributed by atoms with Crippen LogP contribution < -0.4 is 5.32 Å². The second-order valence-corrected chi connectivity index (χ2v) is 4.64. The third-order valence-electron chi connectivity index (χ3n) is 3.01. The number of hydrogen-bond acceptors (Lipinski definition) is 2. The van der Waals surface area contributed by atoms with Crippen molar-refractivity contribution in [2.24, 2.45) is 0 Å². The van der Waals surface area contributed by atoms with E-state index < -0.39 is 11.6 Å². The van der Waals surface area contributed by atoms with Crippen LogP contribution in [0.25, 0.3) is 0 Å². The van der Waals surface area contributed by atoms with Crippen molar-refractivity contribution >= 4 is 0 Å². The van der Waals surface area contributed by atoms with E-state index in [-0.39, 0.29) is 11.9 Å². The molecule has 0 aliphatic heterocycles. The molecule has 106 valence electrons. The second-order valence-electron chi connectivity index (χ2n) is 4.64. The SMILES string of the molecule is CC(NCCc1cc(F)cc(F)c1)c1cncc(F)c1. The van der Waals surface area contributed by atoms with E-state index in [1.54, 1.807) is 6.20 Å². The summed E-state index contributed by atoms with van der Waals surface area (Å²) in [5.41, 5.74) is 1.31. The molecule has 2 nitrogen and oxygen atoms in total. The van der Waals surface area contributed by atoms with Crippen LogP contribution in [0.5, 0.6) is 0 Å². The summed E-state index contributed by atoms with van der Waals surface area (Å²) in [5, 5.41) is 3.16. The predicted molar refractivity (Wildman–Crippen MR) is 70.7 cm³/mol. The molecule has 0 bridgehead atoms. The number of nitrogens with zero attached hydrogens (tertiary/aromatic N) is 1. The van der Waals surface area contributed by atoms with Gasteiger partial charge in [-0.05, 0) is 49.2 Å². The van der Waals surface area contributed by atoms with Crippen LogP contribution in [-0.4, -0.2) is 11.5 Å². The van der Waals surface area contributed by atoms with E-state index in [4.69, 9.17) is 0 Å². The fourth-order valence-corrected chi connectivity index (χ4v) is 1.97. The Morgan fingerprint density at radius 2 is 1.70 bits per heavy atom. The molecule has 0 aliphatic rings. The Hall–Kier alpha value is -1.88. The topological polar surface area (TPSA) is 24.9 Å². The molecule has 0 spiro atoms. The fourth-order valence-electron chi connectivity index (χ4n) is 1.97. The summed E-state index contributed by atoms with van der Waals surface area (Å²) in [6.07, 6.45) is 3.22. The van der Waals surface area contributed by atoms with E-state index >= 15 is 0 Å². The Balaban J connectivity index is 1.89. The maximum atomic E-state index is 13.0. The van der Waals surface area contributed by atoms with Gasteiger partial charge in [0.25, 0.3) is 0 Å². The van der Waals surface area contributed by atoms with Gasteiger partial charge in [0.1, 0.15) is 17.5 Å². The minimum atomic E-state index is -0.581. The largest absolute Gasteiger partial charge is 0.310 e. The van der Waals surface area contributed by atoms with Gasteiger partial charge in [0, 0.05) is 18.3 Å². The van der Waals surface area contributed by atoms with E-state index in [9.17, 15) is 13.2 Å². The summed E-state index contributed by atoms with van der Waals surface area (Å²) in [4.78, 5) is 3.78. The number of benzene rings is 1. The number of pyridine rings is 1. The van der Waals surface area contributed by atoms with Gasteiger partial charge < -0.3 is 5.32 Å². The molecule has 2 aromatic rings. The molecule has 2 rings (SSSR count). The van der Waals surface area contributed by atoms with E-state index in [0.717, 1.165) is 17.8 Å². The average molecular weight is 280 g/mol. The first-order chi connectivity index (χ1) is 9.54. The summed E-state index contributed by atoms with van der Waals surface area (Å²) in [6.45, 7) is 2.41. The van der Waals surface area contributed by atoms with Crippen molar-refractivity contribution in [2.75, 3.05) is 6.54 Å². The molecule has 5 heteroatoms. The highest BCUT2D eigenvalue weighted by Crippen LogP contribution is 2.12. The molecular weight excluding hydrogens is 265 g/mol. The number of rotatable bonds is 5. The molecule has 0 radical (unpaired) electrons. The molecule has 1 unspecified atom stereocenters. The molecule has 0 saturated heterocycles. The van der Waals surface area contributed by atoms with Crippen LogP contribution >= 0.6 is 0 Å². The Morgan fingerprint density at radius 3 is 2.35 bits per heavy atom. The van der Waals surface area contributed by atoms with Crippen LogP contribution in [0.1, 0.15) is 24.1 Å². The minimum absolute atomic E-state index is 0.0865. The molecule has 20 heavy (non-hydrogen) atoms. The normalized spacial score (nSPS) is 12.4. The third kappa shape index (κ3) is 4.06. The summed E-state index contributed by atoms with van der Waals surface area (Å²) in [6, 6.07) is 4.78. The van der Waals surface area contributed by atoms with Crippen LogP contribution in [-0.2, 0) is 6.42 Å². The molecule has 1 N–H and O–H groups in total. The van der Waals surface area contributed by atoms with Crippen molar-refractivity contribution in [3.8, 4) is 0 Å². The van der Waals surface area contributed by atoms with E-state index in [0.29, 0.717) is 18.5 Å². The molecule has 0 aliphatic carbocycles.